The molecule has 0 aromatic heterocycles. The zero-order valence-corrected chi connectivity index (χ0v) is 8.63. The van der Waals surface area contributed by atoms with Crippen LogP contribution < -0.4 is 10.2 Å². The van der Waals surface area contributed by atoms with Crippen molar-refractivity contribution in [3.8, 4) is 11.5 Å². The Morgan fingerprint density at radius 3 is 2.57 bits per heavy atom. The first-order valence-corrected chi connectivity index (χ1v) is 4.31. The van der Waals surface area contributed by atoms with Gasteiger partial charge in [0, 0.05) is 6.54 Å². The number of hydrogen-bond donors (Lipinski definition) is 2. The van der Waals surface area contributed by atoms with Gasteiger partial charge in [0.05, 0.1) is 14.2 Å². The summed E-state index contributed by atoms with van der Waals surface area (Å²) in [5.74, 6) is 0.673. The summed E-state index contributed by atoms with van der Waals surface area (Å²) < 4.78 is 5.03. The minimum atomic E-state index is 0.153. The number of rotatable bonds is 4. The van der Waals surface area contributed by atoms with Gasteiger partial charge in [0.15, 0.2) is 11.5 Å². The van der Waals surface area contributed by atoms with Gasteiger partial charge in [0.25, 0.3) is 0 Å². The van der Waals surface area contributed by atoms with Crippen molar-refractivity contribution in [2.45, 2.75) is 13.5 Å². The average molecular weight is 197 g/mol. The van der Waals surface area contributed by atoms with E-state index in [0.717, 1.165) is 11.1 Å². The third-order valence-corrected chi connectivity index (χ3v) is 1.94. The van der Waals surface area contributed by atoms with Crippen molar-refractivity contribution in [1.29, 1.82) is 0 Å². The van der Waals surface area contributed by atoms with Crippen molar-refractivity contribution in [2.75, 3.05) is 14.2 Å². The molecule has 0 unspecified atom stereocenters. The molecule has 0 saturated carbocycles. The first-order valence-electron chi connectivity index (χ1n) is 4.31. The Labute approximate surface area is 83.4 Å². The first-order chi connectivity index (χ1) is 6.69. The number of benzene rings is 1. The molecule has 0 atom stereocenters. The SMILES string of the molecule is CONCc1cc(C)c(OC)c(O)c1. The van der Waals surface area contributed by atoms with Crippen LogP contribution in [0.5, 0.6) is 11.5 Å². The van der Waals surface area contributed by atoms with Gasteiger partial charge in [-0.05, 0) is 24.1 Å². The summed E-state index contributed by atoms with van der Waals surface area (Å²) in [6, 6.07) is 3.59. The molecule has 0 spiro atoms. The molecule has 0 aliphatic rings. The van der Waals surface area contributed by atoms with Gasteiger partial charge < -0.3 is 14.7 Å². The van der Waals surface area contributed by atoms with E-state index in [2.05, 4.69) is 5.48 Å². The molecule has 0 fully saturated rings. The third kappa shape index (κ3) is 2.37. The maximum absolute atomic E-state index is 9.58. The molecule has 1 aromatic rings. The average Bonchev–Trinajstić information content (AvgIpc) is 2.14. The monoisotopic (exact) mass is 197 g/mol. The first kappa shape index (κ1) is 10.8. The van der Waals surface area contributed by atoms with Crippen LogP contribution in [0.15, 0.2) is 12.1 Å². The molecule has 0 saturated heterocycles. The Hall–Kier alpha value is -1.26. The Kier molecular flexibility index (Phi) is 3.73. The number of hydrogen-bond acceptors (Lipinski definition) is 4. The van der Waals surface area contributed by atoms with E-state index in [9.17, 15) is 5.11 Å². The van der Waals surface area contributed by atoms with E-state index in [1.165, 1.54) is 7.11 Å². The zero-order valence-electron chi connectivity index (χ0n) is 8.63. The van der Waals surface area contributed by atoms with Crippen molar-refractivity contribution >= 4 is 0 Å². The number of aryl methyl sites for hydroxylation is 1. The van der Waals surface area contributed by atoms with E-state index in [0.29, 0.717) is 12.3 Å². The number of phenols is 1. The van der Waals surface area contributed by atoms with Crippen LogP contribution in [-0.2, 0) is 11.4 Å². The second-order valence-corrected chi connectivity index (χ2v) is 2.99. The van der Waals surface area contributed by atoms with Crippen LogP contribution in [0.25, 0.3) is 0 Å². The highest BCUT2D eigenvalue weighted by Gasteiger charge is 2.06. The van der Waals surface area contributed by atoms with Crippen LogP contribution >= 0.6 is 0 Å². The summed E-state index contributed by atoms with van der Waals surface area (Å²) in [5, 5.41) is 9.58. The second-order valence-electron chi connectivity index (χ2n) is 2.99. The Bertz CT molecular complexity index is 289. The smallest absolute Gasteiger partial charge is 0.163 e. The summed E-state index contributed by atoms with van der Waals surface area (Å²) >= 11 is 0. The highest BCUT2D eigenvalue weighted by Crippen LogP contribution is 2.30. The van der Waals surface area contributed by atoms with Gasteiger partial charge in [0.2, 0.25) is 0 Å². The Morgan fingerprint density at radius 2 is 2.07 bits per heavy atom. The third-order valence-electron chi connectivity index (χ3n) is 1.94. The minimum Gasteiger partial charge on any atom is -0.504 e. The molecule has 4 nitrogen and oxygen atoms in total. The maximum Gasteiger partial charge on any atom is 0.163 e. The predicted molar refractivity (Wildman–Crippen MR) is 53.2 cm³/mol. The number of ether oxygens (including phenoxy) is 1. The summed E-state index contributed by atoms with van der Waals surface area (Å²) in [7, 11) is 3.09. The molecular weight excluding hydrogens is 182 g/mol. The van der Waals surface area contributed by atoms with Gasteiger partial charge in [0.1, 0.15) is 0 Å². The molecule has 1 aromatic carbocycles. The van der Waals surface area contributed by atoms with Crippen LogP contribution in [0, 0.1) is 6.92 Å². The van der Waals surface area contributed by atoms with Crippen molar-refractivity contribution in [1.82, 2.24) is 5.48 Å². The zero-order chi connectivity index (χ0) is 10.6. The molecule has 0 aliphatic heterocycles. The molecule has 2 N–H and O–H groups in total. The fourth-order valence-electron chi connectivity index (χ4n) is 1.35. The number of phenolic OH excluding ortho intramolecular Hbond substituents is 1. The number of nitrogens with one attached hydrogen (secondary N) is 1. The van der Waals surface area contributed by atoms with Gasteiger partial charge in [-0.1, -0.05) is 6.07 Å². The fraction of sp³-hybridized carbons (Fsp3) is 0.400. The molecule has 4 heteroatoms. The van der Waals surface area contributed by atoms with Gasteiger partial charge >= 0.3 is 0 Å². The van der Waals surface area contributed by atoms with Crippen LogP contribution in [-0.4, -0.2) is 19.3 Å². The van der Waals surface area contributed by atoms with E-state index in [1.54, 1.807) is 13.2 Å². The number of aromatic hydroxyl groups is 1. The quantitative estimate of drug-likeness (QED) is 0.715. The van der Waals surface area contributed by atoms with Crippen molar-refractivity contribution in [3.05, 3.63) is 23.3 Å². The lowest BCUT2D eigenvalue weighted by Crippen LogP contribution is -2.10. The normalized spacial score (nSPS) is 10.2. The van der Waals surface area contributed by atoms with Gasteiger partial charge in [-0.2, -0.15) is 5.48 Å². The summed E-state index contributed by atoms with van der Waals surface area (Å²) in [5.41, 5.74) is 4.55. The van der Waals surface area contributed by atoms with Crippen LogP contribution in [0.4, 0.5) is 0 Å². The van der Waals surface area contributed by atoms with E-state index >= 15 is 0 Å². The topological polar surface area (TPSA) is 50.7 Å². The molecule has 0 amide bonds. The summed E-state index contributed by atoms with van der Waals surface area (Å²) in [4.78, 5) is 4.72. The maximum atomic E-state index is 9.58. The van der Waals surface area contributed by atoms with Crippen molar-refractivity contribution in [3.63, 3.8) is 0 Å². The Balaban J connectivity index is 2.90. The van der Waals surface area contributed by atoms with Gasteiger partial charge in [-0.25, -0.2) is 0 Å². The molecule has 1 rings (SSSR count). The van der Waals surface area contributed by atoms with Crippen LogP contribution in [0.1, 0.15) is 11.1 Å². The Morgan fingerprint density at radius 1 is 1.36 bits per heavy atom. The van der Waals surface area contributed by atoms with Crippen LogP contribution in [0.2, 0.25) is 0 Å². The number of methoxy groups -OCH3 is 1. The number of hydroxylamine groups is 1. The minimum absolute atomic E-state index is 0.153. The lowest BCUT2D eigenvalue weighted by molar-refractivity contribution is 0.0866. The largest absolute Gasteiger partial charge is 0.504 e. The molecule has 78 valence electrons. The van der Waals surface area contributed by atoms with Crippen LogP contribution in [0.3, 0.4) is 0 Å². The van der Waals surface area contributed by atoms with E-state index < -0.39 is 0 Å². The highest BCUT2D eigenvalue weighted by atomic mass is 16.6. The molecule has 0 aliphatic carbocycles. The lowest BCUT2D eigenvalue weighted by Gasteiger charge is -2.09. The van der Waals surface area contributed by atoms with Crippen molar-refractivity contribution in [2.24, 2.45) is 0 Å². The van der Waals surface area contributed by atoms with Crippen molar-refractivity contribution < 1.29 is 14.7 Å². The summed E-state index contributed by atoms with van der Waals surface area (Å²) in [6.45, 7) is 2.43. The lowest BCUT2D eigenvalue weighted by atomic mass is 10.1. The summed E-state index contributed by atoms with van der Waals surface area (Å²) in [6.07, 6.45) is 0. The van der Waals surface area contributed by atoms with E-state index in [-0.39, 0.29) is 5.75 Å². The van der Waals surface area contributed by atoms with Gasteiger partial charge in [-0.15, -0.1) is 0 Å². The molecule has 14 heavy (non-hydrogen) atoms. The predicted octanol–water partition coefficient (Wildman–Crippen LogP) is 1.36. The van der Waals surface area contributed by atoms with E-state index in [1.807, 2.05) is 13.0 Å². The molecule has 0 bridgehead atoms. The molecular formula is C10H15NO3. The van der Waals surface area contributed by atoms with Gasteiger partial charge in [-0.3, -0.25) is 0 Å². The molecule has 0 heterocycles. The fourth-order valence-corrected chi connectivity index (χ4v) is 1.35. The highest BCUT2D eigenvalue weighted by molar-refractivity contribution is 5.47. The van der Waals surface area contributed by atoms with E-state index in [4.69, 9.17) is 9.57 Å². The standard InChI is InChI=1S/C10H15NO3/c1-7-4-8(6-11-14-3)5-9(12)10(7)13-2/h4-5,11-12H,6H2,1-3H3. The molecule has 0 radical (unpaired) electrons. The second kappa shape index (κ2) is 4.83.